The molecule has 2 rings (SSSR count). The predicted molar refractivity (Wildman–Crippen MR) is 90.6 cm³/mol. The summed E-state index contributed by atoms with van der Waals surface area (Å²) in [5.41, 5.74) is 4.75. The van der Waals surface area contributed by atoms with Crippen molar-refractivity contribution < 1.29 is 9.47 Å². The Hall–Kier alpha value is -1.08. The summed E-state index contributed by atoms with van der Waals surface area (Å²) in [5, 5.41) is 0. The van der Waals surface area contributed by atoms with Crippen LogP contribution < -0.4 is 20.7 Å². The Labute approximate surface area is 140 Å². The highest BCUT2D eigenvalue weighted by molar-refractivity contribution is 9.11. The first-order chi connectivity index (χ1) is 10.1. The van der Waals surface area contributed by atoms with Crippen LogP contribution in [0.5, 0.6) is 11.5 Å². The molecular formula is C15H16Br2N2O2. The minimum atomic E-state index is -0.225. The molecule has 1 atom stereocenters. The number of benzene rings is 2. The molecular weight excluding hydrogens is 400 g/mol. The molecule has 1 unspecified atom stereocenters. The van der Waals surface area contributed by atoms with E-state index < -0.39 is 0 Å². The molecule has 2 aromatic carbocycles. The lowest BCUT2D eigenvalue weighted by Crippen LogP contribution is -2.29. The summed E-state index contributed by atoms with van der Waals surface area (Å²) in [6.45, 7) is 0. The highest BCUT2D eigenvalue weighted by Gasteiger charge is 2.20. The van der Waals surface area contributed by atoms with Gasteiger partial charge in [-0.1, -0.05) is 37.9 Å². The van der Waals surface area contributed by atoms with E-state index in [0.29, 0.717) is 0 Å². The molecule has 112 valence electrons. The zero-order valence-electron chi connectivity index (χ0n) is 11.7. The Kier molecular flexibility index (Phi) is 5.64. The smallest absolute Gasteiger partial charge is 0.124 e. The van der Waals surface area contributed by atoms with Crippen LogP contribution in [0.2, 0.25) is 0 Å². The second-order valence-electron chi connectivity index (χ2n) is 4.37. The topological polar surface area (TPSA) is 56.5 Å². The Morgan fingerprint density at radius 1 is 1.00 bits per heavy atom. The average Bonchev–Trinajstić information content (AvgIpc) is 2.49. The molecule has 0 bridgehead atoms. The number of methoxy groups -OCH3 is 2. The molecule has 0 aliphatic carbocycles. The second-order valence-corrected chi connectivity index (χ2v) is 6.14. The van der Waals surface area contributed by atoms with E-state index in [1.807, 2.05) is 36.4 Å². The minimum absolute atomic E-state index is 0.225. The molecule has 6 heteroatoms. The number of rotatable bonds is 5. The van der Waals surface area contributed by atoms with E-state index in [4.69, 9.17) is 15.3 Å². The number of ether oxygens (including phenoxy) is 2. The van der Waals surface area contributed by atoms with Gasteiger partial charge in [0.25, 0.3) is 0 Å². The summed E-state index contributed by atoms with van der Waals surface area (Å²) in [6.07, 6.45) is 0. The van der Waals surface area contributed by atoms with Crippen LogP contribution in [0.1, 0.15) is 17.2 Å². The van der Waals surface area contributed by atoms with Gasteiger partial charge >= 0.3 is 0 Å². The molecule has 21 heavy (non-hydrogen) atoms. The zero-order valence-corrected chi connectivity index (χ0v) is 14.9. The fourth-order valence-electron chi connectivity index (χ4n) is 2.15. The highest BCUT2D eigenvalue weighted by atomic mass is 79.9. The number of hydrogen-bond donors (Lipinski definition) is 2. The first-order valence-corrected chi connectivity index (χ1v) is 7.82. The third kappa shape index (κ3) is 3.58. The minimum Gasteiger partial charge on any atom is -0.497 e. The van der Waals surface area contributed by atoms with Crippen LogP contribution in [-0.2, 0) is 0 Å². The third-order valence-corrected chi connectivity index (χ3v) is 4.37. The molecule has 0 saturated carbocycles. The van der Waals surface area contributed by atoms with E-state index in [1.54, 1.807) is 14.2 Å². The lowest BCUT2D eigenvalue weighted by atomic mass is 9.98. The van der Waals surface area contributed by atoms with Gasteiger partial charge in [0.2, 0.25) is 0 Å². The number of nitrogens with two attached hydrogens (primary N) is 1. The molecule has 0 aliphatic rings. The van der Waals surface area contributed by atoms with Crippen LogP contribution in [0.3, 0.4) is 0 Å². The number of nitrogens with one attached hydrogen (secondary N) is 1. The first kappa shape index (κ1) is 16.3. The van der Waals surface area contributed by atoms with Crippen molar-refractivity contribution in [1.82, 2.24) is 5.43 Å². The summed E-state index contributed by atoms with van der Waals surface area (Å²) in [4.78, 5) is 0. The molecule has 0 radical (unpaired) electrons. The Balaban J connectivity index is 2.54. The van der Waals surface area contributed by atoms with Crippen molar-refractivity contribution in [3.05, 3.63) is 56.5 Å². The molecule has 0 fully saturated rings. The predicted octanol–water partition coefficient (Wildman–Crippen LogP) is 3.78. The summed E-state index contributed by atoms with van der Waals surface area (Å²) in [5.74, 6) is 7.27. The molecule has 0 aromatic heterocycles. The van der Waals surface area contributed by atoms with Crippen molar-refractivity contribution in [2.45, 2.75) is 6.04 Å². The highest BCUT2D eigenvalue weighted by Crippen LogP contribution is 2.36. The maximum Gasteiger partial charge on any atom is 0.124 e. The normalized spacial score (nSPS) is 12.0. The van der Waals surface area contributed by atoms with Gasteiger partial charge in [0.05, 0.1) is 20.3 Å². The molecule has 0 amide bonds. The van der Waals surface area contributed by atoms with Crippen molar-refractivity contribution in [3.63, 3.8) is 0 Å². The summed E-state index contributed by atoms with van der Waals surface area (Å²) >= 11 is 7.02. The van der Waals surface area contributed by atoms with E-state index in [0.717, 1.165) is 31.6 Å². The van der Waals surface area contributed by atoms with Crippen LogP contribution in [0.15, 0.2) is 45.3 Å². The second kappa shape index (κ2) is 7.26. The number of halogens is 2. The molecule has 2 aromatic rings. The van der Waals surface area contributed by atoms with Gasteiger partial charge in [-0.15, -0.1) is 0 Å². The number of hydrazine groups is 1. The van der Waals surface area contributed by atoms with Crippen LogP contribution in [-0.4, -0.2) is 14.2 Å². The van der Waals surface area contributed by atoms with Gasteiger partial charge in [-0.25, -0.2) is 5.43 Å². The van der Waals surface area contributed by atoms with Gasteiger partial charge in [0.15, 0.2) is 0 Å². The average molecular weight is 416 g/mol. The standard InChI is InChI=1S/C15H16Br2N2O2/c1-20-10-4-6-14(21-2)12(8-10)15(19-18)11-5-3-9(16)7-13(11)17/h3-8,15,19H,18H2,1-2H3. The SMILES string of the molecule is COc1ccc(OC)c(C(NN)c2ccc(Br)cc2Br)c1. The van der Waals surface area contributed by atoms with Gasteiger partial charge in [-0.2, -0.15) is 0 Å². The fraction of sp³-hybridized carbons (Fsp3) is 0.200. The Morgan fingerprint density at radius 2 is 1.76 bits per heavy atom. The quantitative estimate of drug-likeness (QED) is 0.576. The van der Waals surface area contributed by atoms with E-state index >= 15 is 0 Å². The van der Waals surface area contributed by atoms with Crippen molar-refractivity contribution in [1.29, 1.82) is 0 Å². The van der Waals surface area contributed by atoms with E-state index in [2.05, 4.69) is 37.3 Å². The van der Waals surface area contributed by atoms with Crippen LogP contribution in [0.25, 0.3) is 0 Å². The fourth-order valence-corrected chi connectivity index (χ4v) is 3.42. The zero-order chi connectivity index (χ0) is 15.4. The first-order valence-electron chi connectivity index (χ1n) is 6.23. The molecule has 3 N–H and O–H groups in total. The van der Waals surface area contributed by atoms with Crippen molar-refractivity contribution >= 4 is 31.9 Å². The number of hydrogen-bond acceptors (Lipinski definition) is 4. The Bertz CT molecular complexity index is 635. The lowest BCUT2D eigenvalue weighted by molar-refractivity contribution is 0.394. The molecule has 0 heterocycles. The molecule has 0 aliphatic heterocycles. The van der Waals surface area contributed by atoms with Crippen LogP contribution in [0, 0.1) is 0 Å². The van der Waals surface area contributed by atoms with Crippen LogP contribution >= 0.6 is 31.9 Å². The van der Waals surface area contributed by atoms with Gasteiger partial charge in [-0.05, 0) is 35.9 Å². The summed E-state index contributed by atoms with van der Waals surface area (Å²) in [6, 6.07) is 11.4. The molecule has 0 spiro atoms. The largest absolute Gasteiger partial charge is 0.497 e. The summed E-state index contributed by atoms with van der Waals surface area (Å²) in [7, 11) is 3.27. The van der Waals surface area contributed by atoms with E-state index in [-0.39, 0.29) is 6.04 Å². The maximum absolute atomic E-state index is 5.78. The molecule has 0 saturated heterocycles. The summed E-state index contributed by atoms with van der Waals surface area (Å²) < 4.78 is 12.7. The monoisotopic (exact) mass is 414 g/mol. The van der Waals surface area contributed by atoms with Crippen molar-refractivity contribution in [3.8, 4) is 11.5 Å². The van der Waals surface area contributed by atoms with Gasteiger partial charge < -0.3 is 9.47 Å². The van der Waals surface area contributed by atoms with E-state index in [9.17, 15) is 0 Å². The van der Waals surface area contributed by atoms with E-state index in [1.165, 1.54) is 0 Å². The maximum atomic E-state index is 5.78. The Morgan fingerprint density at radius 3 is 2.33 bits per heavy atom. The van der Waals surface area contributed by atoms with Gasteiger partial charge in [-0.3, -0.25) is 5.84 Å². The van der Waals surface area contributed by atoms with Gasteiger partial charge in [0.1, 0.15) is 11.5 Å². The lowest BCUT2D eigenvalue weighted by Gasteiger charge is -2.21. The molecule has 4 nitrogen and oxygen atoms in total. The third-order valence-electron chi connectivity index (χ3n) is 3.19. The van der Waals surface area contributed by atoms with Crippen molar-refractivity contribution in [2.24, 2.45) is 5.84 Å². The van der Waals surface area contributed by atoms with Crippen LogP contribution in [0.4, 0.5) is 0 Å². The van der Waals surface area contributed by atoms with Gasteiger partial charge in [0, 0.05) is 14.5 Å². The van der Waals surface area contributed by atoms with Crippen molar-refractivity contribution in [2.75, 3.05) is 14.2 Å².